The normalized spacial score (nSPS) is 11.0. The van der Waals surface area contributed by atoms with Gasteiger partial charge in [0.15, 0.2) is 5.78 Å². The highest BCUT2D eigenvalue weighted by molar-refractivity contribution is 5.97. The second-order valence-corrected chi connectivity index (χ2v) is 7.22. The number of hydrogen-bond acceptors (Lipinski definition) is 6. The van der Waals surface area contributed by atoms with Crippen molar-refractivity contribution in [1.29, 1.82) is 0 Å². The second kappa shape index (κ2) is 10.5. The minimum atomic E-state index is -0.800. The Morgan fingerprint density at radius 2 is 1.59 bits per heavy atom. The molecule has 0 amide bonds. The number of methoxy groups -OCH3 is 1. The van der Waals surface area contributed by atoms with Crippen LogP contribution >= 0.6 is 0 Å². The lowest BCUT2D eigenvalue weighted by Crippen LogP contribution is -2.30. The van der Waals surface area contributed by atoms with Gasteiger partial charge in [0, 0.05) is 18.5 Å². The average Bonchev–Trinajstić information content (AvgIpc) is 2.75. The SMILES string of the molecule is COC(=O)C(C)(C)c1ccc(C(=O)CCC(=O)ONCCc2ccccc2)cc1. The molecule has 6 heteroatoms. The summed E-state index contributed by atoms with van der Waals surface area (Å²) < 4.78 is 4.81. The Morgan fingerprint density at radius 3 is 2.21 bits per heavy atom. The van der Waals surface area contributed by atoms with E-state index in [0.717, 1.165) is 17.5 Å². The smallest absolute Gasteiger partial charge is 0.325 e. The van der Waals surface area contributed by atoms with Crippen LogP contribution in [0.25, 0.3) is 0 Å². The van der Waals surface area contributed by atoms with Crippen LogP contribution in [0.1, 0.15) is 48.2 Å². The Hall–Kier alpha value is -2.99. The van der Waals surface area contributed by atoms with Crippen molar-refractivity contribution in [2.45, 2.75) is 38.5 Å². The molecule has 0 saturated heterocycles. The summed E-state index contributed by atoms with van der Waals surface area (Å²) in [5.41, 5.74) is 4.21. The van der Waals surface area contributed by atoms with Gasteiger partial charge in [-0.05, 0) is 31.4 Å². The molecule has 0 fully saturated rings. The molecule has 2 rings (SSSR count). The molecule has 0 aliphatic carbocycles. The van der Waals surface area contributed by atoms with E-state index in [9.17, 15) is 14.4 Å². The first-order chi connectivity index (χ1) is 13.8. The van der Waals surface area contributed by atoms with E-state index >= 15 is 0 Å². The average molecular weight is 397 g/mol. The van der Waals surface area contributed by atoms with Crippen molar-refractivity contribution in [3.8, 4) is 0 Å². The van der Waals surface area contributed by atoms with E-state index in [2.05, 4.69) is 5.48 Å². The molecule has 0 bridgehead atoms. The Kier molecular flexibility index (Phi) is 8.09. The van der Waals surface area contributed by atoms with Crippen LogP contribution in [-0.4, -0.2) is 31.4 Å². The van der Waals surface area contributed by atoms with Crippen molar-refractivity contribution in [3.05, 3.63) is 71.3 Å². The molecule has 0 aromatic heterocycles. The summed E-state index contributed by atoms with van der Waals surface area (Å²) in [6, 6.07) is 16.6. The fourth-order valence-electron chi connectivity index (χ4n) is 2.83. The highest BCUT2D eigenvalue weighted by atomic mass is 16.7. The third-order valence-corrected chi connectivity index (χ3v) is 4.73. The van der Waals surface area contributed by atoms with Gasteiger partial charge in [-0.1, -0.05) is 54.6 Å². The van der Waals surface area contributed by atoms with E-state index in [1.807, 2.05) is 30.3 Å². The summed E-state index contributed by atoms with van der Waals surface area (Å²) in [5, 5.41) is 0. The van der Waals surface area contributed by atoms with E-state index in [4.69, 9.17) is 9.57 Å². The number of hydroxylamine groups is 1. The number of hydrogen-bond donors (Lipinski definition) is 1. The van der Waals surface area contributed by atoms with Gasteiger partial charge in [0.05, 0.1) is 18.9 Å². The summed E-state index contributed by atoms with van der Waals surface area (Å²) in [4.78, 5) is 40.9. The first-order valence-corrected chi connectivity index (χ1v) is 9.53. The molecule has 0 spiro atoms. The first-order valence-electron chi connectivity index (χ1n) is 9.53. The number of carbonyl (C=O) groups excluding carboxylic acids is 3. The number of carbonyl (C=O) groups is 3. The molecule has 6 nitrogen and oxygen atoms in total. The van der Waals surface area contributed by atoms with Crippen LogP contribution in [0.15, 0.2) is 54.6 Å². The summed E-state index contributed by atoms with van der Waals surface area (Å²) in [5.74, 6) is -0.984. The molecule has 0 atom stereocenters. The van der Waals surface area contributed by atoms with Crippen molar-refractivity contribution < 1.29 is 24.0 Å². The lowest BCUT2D eigenvalue weighted by molar-refractivity contribution is -0.151. The topological polar surface area (TPSA) is 81.7 Å². The summed E-state index contributed by atoms with van der Waals surface area (Å²) in [6.07, 6.45) is 0.785. The van der Waals surface area contributed by atoms with Gasteiger partial charge in [0.1, 0.15) is 0 Å². The van der Waals surface area contributed by atoms with E-state index in [1.165, 1.54) is 7.11 Å². The predicted molar refractivity (Wildman–Crippen MR) is 109 cm³/mol. The molecular weight excluding hydrogens is 370 g/mol. The van der Waals surface area contributed by atoms with E-state index < -0.39 is 11.4 Å². The largest absolute Gasteiger partial charge is 0.468 e. The zero-order valence-electron chi connectivity index (χ0n) is 17.1. The molecule has 2 aromatic rings. The van der Waals surface area contributed by atoms with Crippen molar-refractivity contribution in [2.75, 3.05) is 13.7 Å². The number of esters is 1. The van der Waals surface area contributed by atoms with Gasteiger partial charge in [-0.15, -0.1) is 0 Å². The molecule has 0 aliphatic rings. The molecular formula is C23H27NO5. The fraction of sp³-hybridized carbons (Fsp3) is 0.348. The molecule has 154 valence electrons. The minimum Gasteiger partial charge on any atom is -0.468 e. The molecule has 0 heterocycles. The number of ketones is 1. The number of nitrogens with one attached hydrogen (secondary N) is 1. The quantitative estimate of drug-likeness (QED) is 0.286. The van der Waals surface area contributed by atoms with Crippen LogP contribution in [0.4, 0.5) is 0 Å². The highest BCUT2D eigenvalue weighted by Crippen LogP contribution is 2.25. The van der Waals surface area contributed by atoms with Crippen LogP contribution in [0, 0.1) is 0 Å². The Bertz CT molecular complexity index is 828. The minimum absolute atomic E-state index is 0.00737. The molecule has 0 aliphatic heterocycles. The van der Waals surface area contributed by atoms with Gasteiger partial charge < -0.3 is 9.57 Å². The van der Waals surface area contributed by atoms with Crippen LogP contribution < -0.4 is 5.48 Å². The molecule has 0 unspecified atom stereocenters. The zero-order chi connectivity index (χ0) is 21.3. The maximum atomic E-state index is 12.3. The van der Waals surface area contributed by atoms with Crippen molar-refractivity contribution >= 4 is 17.7 Å². The van der Waals surface area contributed by atoms with E-state index in [-0.39, 0.29) is 24.6 Å². The van der Waals surface area contributed by atoms with Crippen molar-refractivity contribution in [1.82, 2.24) is 5.48 Å². The maximum Gasteiger partial charge on any atom is 0.325 e. The first kappa shape index (κ1) is 22.3. The molecule has 29 heavy (non-hydrogen) atoms. The van der Waals surface area contributed by atoms with Crippen molar-refractivity contribution in [3.63, 3.8) is 0 Å². The second-order valence-electron chi connectivity index (χ2n) is 7.22. The monoisotopic (exact) mass is 397 g/mol. The van der Waals surface area contributed by atoms with E-state index in [1.54, 1.807) is 38.1 Å². The summed E-state index contributed by atoms with van der Waals surface area (Å²) >= 11 is 0. The van der Waals surface area contributed by atoms with Crippen molar-refractivity contribution in [2.24, 2.45) is 0 Å². The zero-order valence-corrected chi connectivity index (χ0v) is 17.1. The molecule has 2 aromatic carbocycles. The molecule has 0 radical (unpaired) electrons. The fourth-order valence-corrected chi connectivity index (χ4v) is 2.83. The summed E-state index contributed by atoms with van der Waals surface area (Å²) in [7, 11) is 1.34. The van der Waals surface area contributed by atoms with Crippen LogP contribution in [-0.2, 0) is 31.0 Å². The number of Topliss-reactive ketones (excluding diaryl/α,β-unsaturated/α-hetero) is 1. The highest BCUT2D eigenvalue weighted by Gasteiger charge is 2.30. The van der Waals surface area contributed by atoms with Crippen LogP contribution in [0.2, 0.25) is 0 Å². The predicted octanol–water partition coefficient (Wildman–Crippen LogP) is 3.39. The van der Waals surface area contributed by atoms with Gasteiger partial charge in [0.25, 0.3) is 0 Å². The lowest BCUT2D eigenvalue weighted by atomic mass is 9.84. The summed E-state index contributed by atoms with van der Waals surface area (Å²) in [6.45, 7) is 4.02. The third kappa shape index (κ3) is 6.54. The molecule has 1 N–H and O–H groups in total. The standard InChI is InChI=1S/C23H27NO5/c1-23(2,22(27)28-3)19-11-9-18(10-12-19)20(25)13-14-21(26)29-24-16-15-17-7-5-4-6-8-17/h4-12,24H,13-16H2,1-3H3. The van der Waals surface area contributed by atoms with Gasteiger partial charge in [-0.3, -0.25) is 14.4 Å². The van der Waals surface area contributed by atoms with E-state index in [0.29, 0.717) is 12.1 Å². The number of benzene rings is 2. The number of rotatable bonds is 10. The van der Waals surface area contributed by atoms with Gasteiger partial charge in [-0.2, -0.15) is 5.48 Å². The van der Waals surface area contributed by atoms with Gasteiger partial charge >= 0.3 is 11.9 Å². The Morgan fingerprint density at radius 1 is 0.931 bits per heavy atom. The third-order valence-electron chi connectivity index (χ3n) is 4.73. The Labute approximate surface area is 171 Å². The number of ether oxygens (including phenoxy) is 1. The maximum absolute atomic E-state index is 12.3. The van der Waals surface area contributed by atoms with Crippen LogP contribution in [0.5, 0.6) is 0 Å². The lowest BCUT2D eigenvalue weighted by Gasteiger charge is -2.22. The Balaban J connectivity index is 1.75. The van der Waals surface area contributed by atoms with Crippen LogP contribution in [0.3, 0.4) is 0 Å². The van der Waals surface area contributed by atoms with Gasteiger partial charge in [0.2, 0.25) is 0 Å². The van der Waals surface area contributed by atoms with Gasteiger partial charge in [-0.25, -0.2) is 0 Å². The molecule has 0 saturated carbocycles.